The fourth-order valence-corrected chi connectivity index (χ4v) is 2.81. The summed E-state index contributed by atoms with van der Waals surface area (Å²) in [5, 5.41) is 4.02. The molecule has 0 atom stereocenters. The molecule has 0 N–H and O–H groups in total. The number of aromatic nitrogens is 3. The van der Waals surface area contributed by atoms with E-state index in [1.165, 1.54) is 11.9 Å². The van der Waals surface area contributed by atoms with Crippen molar-refractivity contribution in [2.45, 2.75) is 25.9 Å². The van der Waals surface area contributed by atoms with Gasteiger partial charge in [-0.25, -0.2) is 4.98 Å². The zero-order valence-electron chi connectivity index (χ0n) is 13.4. The number of nitrogens with zero attached hydrogens (tertiary/aromatic N) is 4. The first-order valence-electron chi connectivity index (χ1n) is 7.55. The lowest BCUT2D eigenvalue weighted by molar-refractivity contribution is -0.132. The third kappa shape index (κ3) is 3.28. The fourth-order valence-electron chi connectivity index (χ4n) is 2.81. The van der Waals surface area contributed by atoms with Gasteiger partial charge >= 0.3 is 0 Å². The summed E-state index contributed by atoms with van der Waals surface area (Å²) < 4.78 is 12.4. The monoisotopic (exact) mass is 316 g/mol. The quantitative estimate of drug-likeness (QED) is 0.831. The number of fused-ring (bicyclic) bond motifs is 1. The van der Waals surface area contributed by atoms with Crippen LogP contribution in [0.2, 0.25) is 0 Å². The van der Waals surface area contributed by atoms with Crippen molar-refractivity contribution in [3.05, 3.63) is 35.9 Å². The van der Waals surface area contributed by atoms with Crippen molar-refractivity contribution in [3.8, 4) is 11.5 Å². The number of rotatable bonds is 5. The summed E-state index contributed by atoms with van der Waals surface area (Å²) in [5.74, 6) is 1.56. The second-order valence-electron chi connectivity index (χ2n) is 5.45. The van der Waals surface area contributed by atoms with Gasteiger partial charge in [-0.05, 0) is 29.7 Å². The summed E-state index contributed by atoms with van der Waals surface area (Å²) in [6.07, 6.45) is 4.34. The highest BCUT2D eigenvalue weighted by Gasteiger charge is 2.22. The molecule has 0 unspecified atom stereocenters. The minimum absolute atomic E-state index is 0.126. The summed E-state index contributed by atoms with van der Waals surface area (Å²) in [6, 6.07) is 3.97. The molecule has 7 heteroatoms. The molecule has 1 aromatic carbocycles. The Morgan fingerprint density at radius 2 is 1.96 bits per heavy atom. The Kier molecular flexibility index (Phi) is 4.45. The van der Waals surface area contributed by atoms with Gasteiger partial charge in [0.05, 0.1) is 20.8 Å². The molecule has 1 aromatic heterocycles. The maximum Gasteiger partial charge on any atom is 0.224 e. The van der Waals surface area contributed by atoms with Gasteiger partial charge in [0.15, 0.2) is 11.5 Å². The number of ether oxygens (including phenoxy) is 2. The highest BCUT2D eigenvalue weighted by molar-refractivity contribution is 5.76. The maximum absolute atomic E-state index is 12.4. The summed E-state index contributed by atoms with van der Waals surface area (Å²) >= 11 is 0. The van der Waals surface area contributed by atoms with Crippen LogP contribution in [0.3, 0.4) is 0 Å². The predicted molar refractivity (Wildman–Crippen MR) is 83.3 cm³/mol. The van der Waals surface area contributed by atoms with Gasteiger partial charge in [0.2, 0.25) is 5.91 Å². The molecule has 3 rings (SSSR count). The minimum atomic E-state index is 0.126. The van der Waals surface area contributed by atoms with Crippen LogP contribution in [0.4, 0.5) is 0 Å². The Bertz CT molecular complexity index is 685. The van der Waals surface area contributed by atoms with E-state index in [1.807, 2.05) is 17.0 Å². The summed E-state index contributed by atoms with van der Waals surface area (Å²) in [7, 11) is 3.25. The third-order valence-electron chi connectivity index (χ3n) is 4.09. The van der Waals surface area contributed by atoms with E-state index in [2.05, 4.69) is 10.1 Å². The van der Waals surface area contributed by atoms with Gasteiger partial charge in [-0.1, -0.05) is 0 Å². The van der Waals surface area contributed by atoms with E-state index in [4.69, 9.17) is 9.47 Å². The molecule has 7 nitrogen and oxygen atoms in total. The van der Waals surface area contributed by atoms with E-state index in [1.54, 1.807) is 25.2 Å². The van der Waals surface area contributed by atoms with E-state index in [0.29, 0.717) is 25.3 Å². The summed E-state index contributed by atoms with van der Waals surface area (Å²) in [5.41, 5.74) is 2.32. The maximum atomic E-state index is 12.4. The van der Waals surface area contributed by atoms with Crippen LogP contribution in [-0.4, -0.2) is 46.3 Å². The van der Waals surface area contributed by atoms with Crippen molar-refractivity contribution < 1.29 is 14.3 Å². The van der Waals surface area contributed by atoms with Crippen molar-refractivity contribution in [2.75, 3.05) is 20.8 Å². The number of benzene rings is 1. The van der Waals surface area contributed by atoms with Crippen molar-refractivity contribution in [3.63, 3.8) is 0 Å². The van der Waals surface area contributed by atoms with Crippen molar-refractivity contribution in [1.29, 1.82) is 0 Å². The molecule has 0 aliphatic carbocycles. The highest BCUT2D eigenvalue weighted by Crippen LogP contribution is 2.33. The molecular weight excluding hydrogens is 296 g/mol. The number of methoxy groups -OCH3 is 2. The molecule has 0 bridgehead atoms. The predicted octanol–water partition coefficient (Wildman–Crippen LogP) is 1.27. The Balaban J connectivity index is 1.68. The first kappa shape index (κ1) is 15.3. The number of carbonyl (C=O) groups is 1. The molecule has 0 radical (unpaired) electrons. The van der Waals surface area contributed by atoms with E-state index >= 15 is 0 Å². The van der Waals surface area contributed by atoms with Gasteiger partial charge in [0, 0.05) is 19.5 Å². The first-order valence-corrected chi connectivity index (χ1v) is 7.55. The van der Waals surface area contributed by atoms with Crippen LogP contribution in [0.1, 0.15) is 17.5 Å². The van der Waals surface area contributed by atoms with E-state index in [-0.39, 0.29) is 5.91 Å². The lowest BCUT2D eigenvalue weighted by atomic mass is 9.98. The van der Waals surface area contributed by atoms with Gasteiger partial charge < -0.3 is 14.4 Å². The summed E-state index contributed by atoms with van der Waals surface area (Å²) in [4.78, 5) is 18.1. The average molecular weight is 316 g/mol. The Morgan fingerprint density at radius 3 is 2.61 bits per heavy atom. The first-order chi connectivity index (χ1) is 11.2. The number of carbonyl (C=O) groups excluding carboxylic acids is 1. The van der Waals surface area contributed by atoms with Gasteiger partial charge in [-0.3, -0.25) is 9.48 Å². The number of hydrogen-bond acceptors (Lipinski definition) is 5. The van der Waals surface area contributed by atoms with Crippen LogP contribution in [0.25, 0.3) is 0 Å². The molecule has 2 heterocycles. The highest BCUT2D eigenvalue weighted by atomic mass is 16.5. The normalized spacial score (nSPS) is 13.6. The lowest BCUT2D eigenvalue weighted by Gasteiger charge is -2.29. The van der Waals surface area contributed by atoms with Crippen LogP contribution >= 0.6 is 0 Å². The topological polar surface area (TPSA) is 69.5 Å². The second-order valence-corrected chi connectivity index (χ2v) is 5.45. The Hall–Kier alpha value is -2.57. The number of hydrogen-bond donors (Lipinski definition) is 0. The Labute approximate surface area is 134 Å². The fraction of sp³-hybridized carbons (Fsp3) is 0.438. The lowest BCUT2D eigenvalue weighted by Crippen LogP contribution is -2.36. The Morgan fingerprint density at radius 1 is 1.22 bits per heavy atom. The van der Waals surface area contributed by atoms with E-state index in [9.17, 15) is 4.79 Å². The van der Waals surface area contributed by atoms with Crippen LogP contribution in [-0.2, 0) is 24.3 Å². The van der Waals surface area contributed by atoms with Gasteiger partial charge in [0.25, 0.3) is 0 Å². The van der Waals surface area contributed by atoms with Crippen LogP contribution in [0.15, 0.2) is 24.8 Å². The SMILES string of the molecule is COc1cc2c(cc1OC)CN(C(=O)CCn1cncn1)CC2. The van der Waals surface area contributed by atoms with Gasteiger partial charge in [-0.15, -0.1) is 0 Å². The largest absolute Gasteiger partial charge is 0.493 e. The van der Waals surface area contributed by atoms with Crippen LogP contribution < -0.4 is 9.47 Å². The molecule has 23 heavy (non-hydrogen) atoms. The van der Waals surface area contributed by atoms with Crippen LogP contribution in [0, 0.1) is 0 Å². The molecule has 1 amide bonds. The number of aryl methyl sites for hydroxylation is 1. The van der Waals surface area contributed by atoms with Crippen LogP contribution in [0.5, 0.6) is 11.5 Å². The van der Waals surface area contributed by atoms with Gasteiger partial charge in [-0.2, -0.15) is 5.10 Å². The second kappa shape index (κ2) is 6.68. The molecule has 122 valence electrons. The van der Waals surface area contributed by atoms with E-state index in [0.717, 1.165) is 24.3 Å². The molecule has 1 aliphatic rings. The molecule has 2 aromatic rings. The number of amides is 1. The van der Waals surface area contributed by atoms with Crippen molar-refractivity contribution >= 4 is 5.91 Å². The van der Waals surface area contributed by atoms with Crippen molar-refractivity contribution in [2.24, 2.45) is 0 Å². The third-order valence-corrected chi connectivity index (χ3v) is 4.09. The smallest absolute Gasteiger partial charge is 0.224 e. The molecule has 0 saturated heterocycles. The average Bonchev–Trinajstić information content (AvgIpc) is 3.11. The minimum Gasteiger partial charge on any atom is -0.493 e. The molecule has 1 aliphatic heterocycles. The molecule has 0 fully saturated rings. The van der Waals surface area contributed by atoms with E-state index < -0.39 is 0 Å². The zero-order chi connectivity index (χ0) is 16.2. The summed E-state index contributed by atoms with van der Waals surface area (Å²) in [6.45, 7) is 1.87. The standard InChI is InChI=1S/C16H20N4O3/c1-22-14-7-12-3-5-19(9-13(12)8-15(14)23-2)16(21)4-6-20-11-17-10-18-20/h7-8,10-11H,3-6,9H2,1-2H3. The van der Waals surface area contributed by atoms with Crippen molar-refractivity contribution in [1.82, 2.24) is 19.7 Å². The zero-order valence-corrected chi connectivity index (χ0v) is 13.4. The van der Waals surface area contributed by atoms with Gasteiger partial charge in [0.1, 0.15) is 12.7 Å². The molecule has 0 spiro atoms. The molecular formula is C16H20N4O3. The molecule has 0 saturated carbocycles.